The van der Waals surface area contributed by atoms with Gasteiger partial charge >= 0.3 is 0 Å². The van der Waals surface area contributed by atoms with Gasteiger partial charge in [0.15, 0.2) is 0 Å². The molecular weight excluding hydrogens is 298 g/mol. The van der Waals surface area contributed by atoms with E-state index in [0.29, 0.717) is 0 Å². The molecule has 1 aromatic rings. The van der Waals surface area contributed by atoms with Crippen LogP contribution in [0.5, 0.6) is 0 Å². The first-order valence-corrected chi connectivity index (χ1v) is 7.54. The zero-order chi connectivity index (χ0) is 12.9. The van der Waals surface area contributed by atoms with E-state index >= 15 is 0 Å². The largest absolute Gasteiger partial charge is 0.303 e. The summed E-state index contributed by atoms with van der Waals surface area (Å²) in [5, 5.41) is 2.15. The van der Waals surface area contributed by atoms with E-state index in [4.69, 9.17) is 0 Å². The zero-order valence-corrected chi connectivity index (χ0v) is 13.1. The Kier molecular flexibility index (Phi) is 5.83. The van der Waals surface area contributed by atoms with Crippen molar-refractivity contribution in [2.75, 3.05) is 13.6 Å². The SMILES string of the molecule is CCCC(C)(C=O)CN(C)Cc1csc(Br)c1. The monoisotopic (exact) mass is 317 g/mol. The van der Waals surface area contributed by atoms with E-state index in [-0.39, 0.29) is 5.41 Å². The minimum atomic E-state index is -0.212. The summed E-state index contributed by atoms with van der Waals surface area (Å²) in [5.41, 5.74) is 1.09. The van der Waals surface area contributed by atoms with E-state index in [1.165, 1.54) is 5.56 Å². The second-order valence-corrected chi connectivity index (χ2v) is 7.24. The highest BCUT2D eigenvalue weighted by atomic mass is 79.9. The van der Waals surface area contributed by atoms with Crippen molar-refractivity contribution in [3.63, 3.8) is 0 Å². The number of rotatable bonds is 7. The average molecular weight is 318 g/mol. The Morgan fingerprint density at radius 2 is 2.29 bits per heavy atom. The smallest absolute Gasteiger partial charge is 0.127 e. The summed E-state index contributed by atoms with van der Waals surface area (Å²) in [6.07, 6.45) is 3.11. The van der Waals surface area contributed by atoms with Crippen molar-refractivity contribution in [3.05, 3.63) is 20.8 Å². The Morgan fingerprint density at radius 3 is 2.76 bits per heavy atom. The number of hydrogen-bond donors (Lipinski definition) is 0. The molecule has 0 fully saturated rings. The topological polar surface area (TPSA) is 20.3 Å². The Morgan fingerprint density at radius 1 is 1.59 bits per heavy atom. The van der Waals surface area contributed by atoms with Crippen molar-refractivity contribution >= 4 is 33.6 Å². The maximum atomic E-state index is 11.2. The van der Waals surface area contributed by atoms with E-state index < -0.39 is 0 Å². The summed E-state index contributed by atoms with van der Waals surface area (Å²) >= 11 is 5.17. The van der Waals surface area contributed by atoms with Gasteiger partial charge in [0.1, 0.15) is 6.29 Å². The standard InChI is InChI=1S/C13H20BrNOS/c1-4-5-13(2,10-16)9-15(3)7-11-6-12(14)17-8-11/h6,8,10H,4-5,7,9H2,1-3H3. The first kappa shape index (κ1) is 14.9. The molecule has 1 unspecified atom stereocenters. The minimum absolute atomic E-state index is 0.212. The maximum Gasteiger partial charge on any atom is 0.127 e. The predicted molar refractivity (Wildman–Crippen MR) is 77.4 cm³/mol. The van der Waals surface area contributed by atoms with Crippen LogP contribution < -0.4 is 0 Å². The fourth-order valence-corrected chi connectivity index (χ4v) is 3.36. The number of halogens is 1. The van der Waals surface area contributed by atoms with Crippen molar-refractivity contribution in [1.29, 1.82) is 0 Å². The molecule has 0 aliphatic rings. The van der Waals surface area contributed by atoms with Crippen molar-refractivity contribution in [3.8, 4) is 0 Å². The number of aldehydes is 1. The van der Waals surface area contributed by atoms with Crippen LogP contribution in [0.1, 0.15) is 32.3 Å². The van der Waals surface area contributed by atoms with Gasteiger partial charge in [-0.1, -0.05) is 20.3 Å². The number of nitrogens with zero attached hydrogens (tertiary/aromatic N) is 1. The maximum absolute atomic E-state index is 11.2. The molecule has 0 N–H and O–H groups in total. The van der Waals surface area contributed by atoms with E-state index in [9.17, 15) is 4.79 Å². The van der Waals surface area contributed by atoms with Crippen LogP contribution in [-0.2, 0) is 11.3 Å². The van der Waals surface area contributed by atoms with E-state index in [1.54, 1.807) is 11.3 Å². The van der Waals surface area contributed by atoms with Crippen LogP contribution in [0.15, 0.2) is 15.2 Å². The molecule has 1 aromatic heterocycles. The molecule has 0 aliphatic carbocycles. The molecule has 2 nitrogen and oxygen atoms in total. The molecule has 0 aromatic carbocycles. The summed E-state index contributed by atoms with van der Waals surface area (Å²) < 4.78 is 1.16. The van der Waals surface area contributed by atoms with Gasteiger partial charge in [-0.15, -0.1) is 11.3 Å². The molecule has 96 valence electrons. The summed E-state index contributed by atoms with van der Waals surface area (Å²) in [7, 11) is 2.07. The second-order valence-electron chi connectivity index (χ2n) is 4.95. The van der Waals surface area contributed by atoms with Crippen LogP contribution in [-0.4, -0.2) is 24.8 Å². The molecule has 1 rings (SSSR count). The van der Waals surface area contributed by atoms with Crippen molar-refractivity contribution < 1.29 is 4.79 Å². The van der Waals surface area contributed by atoms with Crippen LogP contribution in [0.25, 0.3) is 0 Å². The van der Waals surface area contributed by atoms with Crippen molar-refractivity contribution in [2.45, 2.75) is 33.2 Å². The minimum Gasteiger partial charge on any atom is -0.303 e. The highest BCUT2D eigenvalue weighted by Crippen LogP contribution is 2.24. The van der Waals surface area contributed by atoms with Crippen LogP contribution in [0, 0.1) is 5.41 Å². The molecule has 0 amide bonds. The van der Waals surface area contributed by atoms with Crippen molar-refractivity contribution in [2.24, 2.45) is 5.41 Å². The van der Waals surface area contributed by atoms with Gasteiger partial charge in [0.05, 0.1) is 3.79 Å². The quantitative estimate of drug-likeness (QED) is 0.710. The molecule has 0 bridgehead atoms. The molecule has 1 atom stereocenters. The molecule has 0 saturated heterocycles. The lowest BCUT2D eigenvalue weighted by Gasteiger charge is -2.28. The Bertz CT molecular complexity index is 366. The lowest BCUT2D eigenvalue weighted by molar-refractivity contribution is -0.116. The molecule has 0 aliphatic heterocycles. The van der Waals surface area contributed by atoms with Gasteiger partial charge in [-0.25, -0.2) is 0 Å². The zero-order valence-electron chi connectivity index (χ0n) is 10.7. The Labute approximate surface area is 116 Å². The van der Waals surface area contributed by atoms with Crippen LogP contribution >= 0.6 is 27.3 Å². The third kappa shape index (κ3) is 4.90. The summed E-state index contributed by atoms with van der Waals surface area (Å²) in [4.78, 5) is 13.4. The van der Waals surface area contributed by atoms with Gasteiger partial charge in [0.25, 0.3) is 0 Å². The fraction of sp³-hybridized carbons (Fsp3) is 0.615. The molecule has 0 spiro atoms. The molecule has 0 saturated carbocycles. The molecule has 4 heteroatoms. The second kappa shape index (κ2) is 6.66. The van der Waals surface area contributed by atoms with Crippen LogP contribution in [0.4, 0.5) is 0 Å². The fourth-order valence-electron chi connectivity index (χ4n) is 2.16. The van der Waals surface area contributed by atoms with Crippen molar-refractivity contribution in [1.82, 2.24) is 4.90 Å². The van der Waals surface area contributed by atoms with Gasteiger partial charge in [-0.2, -0.15) is 0 Å². The molecule has 17 heavy (non-hydrogen) atoms. The molecular formula is C13H20BrNOS. The molecule has 1 heterocycles. The van der Waals surface area contributed by atoms with Gasteiger partial charge < -0.3 is 9.69 Å². The summed E-state index contributed by atoms with van der Waals surface area (Å²) in [5.74, 6) is 0. The number of hydrogen-bond acceptors (Lipinski definition) is 3. The lowest BCUT2D eigenvalue weighted by atomic mass is 9.87. The number of thiophene rings is 1. The Balaban J connectivity index is 2.53. The molecule has 0 radical (unpaired) electrons. The highest BCUT2D eigenvalue weighted by molar-refractivity contribution is 9.11. The van der Waals surface area contributed by atoms with E-state index in [1.807, 2.05) is 6.92 Å². The third-order valence-electron chi connectivity index (χ3n) is 2.81. The normalized spacial score (nSPS) is 14.9. The number of carbonyl (C=O) groups is 1. The van der Waals surface area contributed by atoms with Crippen LogP contribution in [0.3, 0.4) is 0 Å². The average Bonchev–Trinajstić information content (AvgIpc) is 2.64. The van der Waals surface area contributed by atoms with Gasteiger partial charge in [-0.3, -0.25) is 0 Å². The van der Waals surface area contributed by atoms with E-state index in [0.717, 1.165) is 36.0 Å². The van der Waals surface area contributed by atoms with Gasteiger partial charge in [0, 0.05) is 18.5 Å². The van der Waals surface area contributed by atoms with Crippen LogP contribution in [0.2, 0.25) is 0 Å². The van der Waals surface area contributed by atoms with Gasteiger partial charge in [-0.05, 0) is 46.4 Å². The van der Waals surface area contributed by atoms with E-state index in [2.05, 4.69) is 46.2 Å². The predicted octanol–water partition coefficient (Wildman–Crippen LogP) is 3.95. The first-order chi connectivity index (χ1) is 7.99. The summed E-state index contributed by atoms with van der Waals surface area (Å²) in [6.45, 7) is 5.88. The first-order valence-electron chi connectivity index (χ1n) is 5.87. The third-order valence-corrected chi connectivity index (χ3v) is 4.36. The van der Waals surface area contributed by atoms with Gasteiger partial charge in [0.2, 0.25) is 0 Å². The Hall–Kier alpha value is -0.190. The lowest BCUT2D eigenvalue weighted by Crippen LogP contribution is -2.34. The number of carbonyl (C=O) groups excluding carboxylic acids is 1. The highest BCUT2D eigenvalue weighted by Gasteiger charge is 2.24. The summed E-state index contributed by atoms with van der Waals surface area (Å²) in [6, 6.07) is 2.14.